The van der Waals surface area contributed by atoms with Crippen LogP contribution in [0.4, 0.5) is 0 Å². The lowest BCUT2D eigenvalue weighted by atomic mass is 10.0. The Morgan fingerprint density at radius 1 is 1.24 bits per heavy atom. The van der Waals surface area contributed by atoms with Gasteiger partial charge in [-0.1, -0.05) is 27.7 Å². The first-order valence-electron chi connectivity index (χ1n) is 6.26. The van der Waals surface area contributed by atoms with Gasteiger partial charge < -0.3 is 9.16 Å². The van der Waals surface area contributed by atoms with Crippen molar-refractivity contribution in [3.63, 3.8) is 0 Å². The van der Waals surface area contributed by atoms with Crippen molar-refractivity contribution in [3.8, 4) is 0 Å². The average molecular weight is 260 g/mol. The van der Waals surface area contributed by atoms with Gasteiger partial charge in [-0.05, 0) is 31.0 Å². The Morgan fingerprint density at radius 2 is 1.71 bits per heavy atom. The smallest absolute Gasteiger partial charge is 0.305 e. The standard InChI is InChI=1S/C13H28O3Si/c1-10(9-12(14)15-6)11(2)16-17(7,8)13(3,4)5/h10-11H,9H2,1-8H3/t10-,11-/m0/s1. The highest BCUT2D eigenvalue weighted by molar-refractivity contribution is 6.74. The van der Waals surface area contributed by atoms with Crippen LogP contribution in [0.1, 0.15) is 41.0 Å². The summed E-state index contributed by atoms with van der Waals surface area (Å²) in [6.07, 6.45) is 0.515. The molecule has 0 aromatic rings. The molecule has 0 aliphatic heterocycles. The number of rotatable bonds is 5. The zero-order valence-electron chi connectivity index (χ0n) is 12.6. The Hall–Kier alpha value is -0.353. The quantitative estimate of drug-likeness (QED) is 0.560. The molecule has 0 rings (SSSR count). The van der Waals surface area contributed by atoms with Gasteiger partial charge in [0.05, 0.1) is 13.5 Å². The van der Waals surface area contributed by atoms with Gasteiger partial charge in [0.15, 0.2) is 8.32 Å². The average Bonchev–Trinajstić information content (AvgIpc) is 2.14. The van der Waals surface area contributed by atoms with Gasteiger partial charge in [0.2, 0.25) is 0 Å². The molecule has 0 heterocycles. The van der Waals surface area contributed by atoms with Crippen LogP contribution in [-0.4, -0.2) is 27.5 Å². The molecule has 3 nitrogen and oxygen atoms in total. The predicted octanol–water partition coefficient (Wildman–Crippen LogP) is 3.60. The molecule has 0 fully saturated rings. The third kappa shape index (κ3) is 5.21. The van der Waals surface area contributed by atoms with Crippen LogP contribution in [0.15, 0.2) is 0 Å². The fraction of sp³-hybridized carbons (Fsp3) is 0.923. The topological polar surface area (TPSA) is 35.5 Å². The monoisotopic (exact) mass is 260 g/mol. The Labute approximate surface area is 107 Å². The highest BCUT2D eigenvalue weighted by Crippen LogP contribution is 2.38. The molecule has 0 saturated heterocycles. The van der Waals surface area contributed by atoms with Crippen LogP contribution in [0.25, 0.3) is 0 Å². The van der Waals surface area contributed by atoms with Crippen molar-refractivity contribution in [2.75, 3.05) is 7.11 Å². The zero-order valence-corrected chi connectivity index (χ0v) is 13.6. The van der Waals surface area contributed by atoms with Crippen LogP contribution >= 0.6 is 0 Å². The molecule has 0 amide bonds. The number of ether oxygens (including phenoxy) is 1. The molecule has 0 N–H and O–H groups in total. The second kappa shape index (κ2) is 6.00. The summed E-state index contributed by atoms with van der Waals surface area (Å²) in [5, 5.41) is 0.201. The number of hydrogen-bond donors (Lipinski definition) is 0. The molecule has 0 unspecified atom stereocenters. The van der Waals surface area contributed by atoms with E-state index in [1.165, 1.54) is 7.11 Å². The largest absolute Gasteiger partial charge is 0.469 e. The van der Waals surface area contributed by atoms with E-state index in [2.05, 4.69) is 38.6 Å². The second-order valence-electron chi connectivity index (χ2n) is 6.34. The van der Waals surface area contributed by atoms with Gasteiger partial charge in [-0.2, -0.15) is 0 Å². The molecule has 0 aromatic carbocycles. The molecular formula is C13H28O3Si. The maximum atomic E-state index is 11.2. The molecule has 0 radical (unpaired) electrons. The van der Waals surface area contributed by atoms with Crippen molar-refractivity contribution in [2.45, 2.75) is 65.3 Å². The Morgan fingerprint density at radius 3 is 2.06 bits per heavy atom. The van der Waals surface area contributed by atoms with Crippen molar-refractivity contribution in [3.05, 3.63) is 0 Å². The van der Waals surface area contributed by atoms with Crippen molar-refractivity contribution >= 4 is 14.3 Å². The molecule has 2 atom stereocenters. The van der Waals surface area contributed by atoms with Crippen LogP contribution in [-0.2, 0) is 14.0 Å². The molecule has 0 saturated carbocycles. The van der Waals surface area contributed by atoms with Crippen LogP contribution in [0.5, 0.6) is 0 Å². The number of methoxy groups -OCH3 is 1. The lowest BCUT2D eigenvalue weighted by Crippen LogP contribution is -2.44. The van der Waals surface area contributed by atoms with Gasteiger partial charge in [0.25, 0.3) is 0 Å². The summed E-state index contributed by atoms with van der Waals surface area (Å²) in [5.41, 5.74) is 0. The summed E-state index contributed by atoms with van der Waals surface area (Å²) >= 11 is 0. The third-order valence-corrected chi connectivity index (χ3v) is 8.38. The van der Waals surface area contributed by atoms with Crippen molar-refractivity contribution in [2.24, 2.45) is 5.92 Å². The van der Waals surface area contributed by atoms with Gasteiger partial charge >= 0.3 is 5.97 Å². The van der Waals surface area contributed by atoms with E-state index in [9.17, 15) is 4.79 Å². The second-order valence-corrected chi connectivity index (χ2v) is 11.1. The number of carbonyl (C=O) groups is 1. The van der Waals surface area contributed by atoms with Gasteiger partial charge in [-0.15, -0.1) is 0 Å². The third-order valence-electron chi connectivity index (χ3n) is 3.80. The van der Waals surface area contributed by atoms with Gasteiger partial charge in [-0.3, -0.25) is 4.79 Å². The molecule has 0 spiro atoms. The molecule has 4 heteroatoms. The first kappa shape index (κ1) is 16.6. The number of hydrogen-bond acceptors (Lipinski definition) is 3. The van der Waals surface area contributed by atoms with Crippen LogP contribution in [0, 0.1) is 5.92 Å². The van der Waals surface area contributed by atoms with E-state index < -0.39 is 8.32 Å². The molecule has 0 bridgehead atoms. The number of carbonyl (C=O) groups excluding carboxylic acids is 1. The molecule has 0 aromatic heterocycles. The zero-order chi connectivity index (χ0) is 13.9. The van der Waals surface area contributed by atoms with Crippen molar-refractivity contribution in [1.29, 1.82) is 0 Å². The minimum atomic E-state index is -1.74. The van der Waals surface area contributed by atoms with Crippen molar-refractivity contribution in [1.82, 2.24) is 0 Å². The van der Waals surface area contributed by atoms with E-state index in [0.717, 1.165) is 0 Å². The van der Waals surface area contributed by atoms with Crippen LogP contribution in [0.3, 0.4) is 0 Å². The lowest BCUT2D eigenvalue weighted by molar-refractivity contribution is -0.142. The summed E-state index contributed by atoms with van der Waals surface area (Å²) in [4.78, 5) is 11.2. The summed E-state index contributed by atoms with van der Waals surface area (Å²) in [6.45, 7) is 15.2. The first-order valence-corrected chi connectivity index (χ1v) is 9.16. The summed E-state index contributed by atoms with van der Waals surface area (Å²) in [7, 11) is -0.319. The highest BCUT2D eigenvalue weighted by atomic mass is 28.4. The fourth-order valence-electron chi connectivity index (χ4n) is 1.27. The minimum absolute atomic E-state index is 0.0926. The fourth-order valence-corrected chi connectivity index (χ4v) is 2.79. The van der Waals surface area contributed by atoms with Gasteiger partial charge in [0.1, 0.15) is 0 Å². The maximum Gasteiger partial charge on any atom is 0.305 e. The van der Waals surface area contributed by atoms with Crippen LogP contribution < -0.4 is 0 Å². The summed E-state index contributed by atoms with van der Waals surface area (Å²) < 4.78 is 10.9. The van der Waals surface area contributed by atoms with E-state index >= 15 is 0 Å². The number of esters is 1. The maximum absolute atomic E-state index is 11.2. The first-order chi connectivity index (χ1) is 7.51. The van der Waals surface area contributed by atoms with Crippen molar-refractivity contribution < 1.29 is 14.0 Å². The lowest BCUT2D eigenvalue weighted by Gasteiger charge is -2.39. The highest BCUT2D eigenvalue weighted by Gasteiger charge is 2.39. The van der Waals surface area contributed by atoms with E-state index in [4.69, 9.17) is 4.43 Å². The molecule has 0 aliphatic rings. The SMILES string of the molecule is COC(=O)C[C@H](C)[C@H](C)O[Si](C)(C)C(C)(C)C. The summed E-state index contributed by atoms with van der Waals surface area (Å²) in [6, 6.07) is 0. The Balaban J connectivity index is 4.44. The Kier molecular flexibility index (Phi) is 5.88. The summed E-state index contributed by atoms with van der Waals surface area (Å²) in [5.74, 6) is 0.0276. The van der Waals surface area contributed by atoms with E-state index in [1.54, 1.807) is 0 Å². The molecule has 102 valence electrons. The molecule has 17 heavy (non-hydrogen) atoms. The minimum Gasteiger partial charge on any atom is -0.469 e. The molecule has 0 aliphatic carbocycles. The Bertz CT molecular complexity index is 256. The predicted molar refractivity (Wildman–Crippen MR) is 73.5 cm³/mol. The van der Waals surface area contributed by atoms with Gasteiger partial charge in [-0.25, -0.2) is 0 Å². The van der Waals surface area contributed by atoms with E-state index in [-0.39, 0.29) is 23.0 Å². The van der Waals surface area contributed by atoms with E-state index in [0.29, 0.717) is 6.42 Å². The van der Waals surface area contributed by atoms with E-state index in [1.807, 2.05) is 13.8 Å². The molecular weight excluding hydrogens is 232 g/mol. The normalized spacial score (nSPS) is 16.5. The van der Waals surface area contributed by atoms with Crippen LogP contribution in [0.2, 0.25) is 18.1 Å². The van der Waals surface area contributed by atoms with Gasteiger partial charge in [0, 0.05) is 6.10 Å².